The summed E-state index contributed by atoms with van der Waals surface area (Å²) in [7, 11) is 1.59. The normalized spacial score (nSPS) is 11.6. The molecule has 8 nitrogen and oxygen atoms in total. The Balaban J connectivity index is 2.20. The molecule has 1 aliphatic rings. The molecule has 27 heavy (non-hydrogen) atoms. The number of benzene rings is 1. The summed E-state index contributed by atoms with van der Waals surface area (Å²) in [6, 6.07) is 9.55. The number of nitriles is 2. The molecular weight excluding hydrogens is 348 g/mol. The second kappa shape index (κ2) is 8.26. The third-order valence-electron chi connectivity index (χ3n) is 3.93. The molecule has 0 bridgehead atoms. The van der Waals surface area contributed by atoms with Crippen LogP contribution in [0.5, 0.6) is 17.4 Å². The molecule has 0 amide bonds. The monoisotopic (exact) mass is 366 g/mol. The highest BCUT2D eigenvalue weighted by molar-refractivity contribution is 5.84. The van der Waals surface area contributed by atoms with Crippen LogP contribution in [0, 0.1) is 22.7 Å². The molecule has 0 saturated carbocycles. The summed E-state index contributed by atoms with van der Waals surface area (Å²) in [5.41, 5.74) is 1.54. The van der Waals surface area contributed by atoms with Crippen LogP contribution in [0.25, 0.3) is 11.1 Å². The van der Waals surface area contributed by atoms with E-state index in [9.17, 15) is 10.5 Å². The highest BCUT2D eigenvalue weighted by atomic mass is 16.7. The zero-order valence-corrected chi connectivity index (χ0v) is 15.0. The van der Waals surface area contributed by atoms with Crippen LogP contribution in [-0.2, 0) is 4.74 Å². The average Bonchev–Trinajstić information content (AvgIpc) is 3.15. The molecule has 0 atom stereocenters. The largest absolute Gasteiger partial charge is 0.477 e. The summed E-state index contributed by atoms with van der Waals surface area (Å²) in [6.07, 6.45) is 0. The summed E-state index contributed by atoms with van der Waals surface area (Å²) >= 11 is 0. The van der Waals surface area contributed by atoms with Gasteiger partial charge in [0.25, 0.3) is 0 Å². The van der Waals surface area contributed by atoms with Crippen molar-refractivity contribution in [3.05, 3.63) is 29.3 Å². The molecule has 138 valence electrons. The number of hydrogen-bond acceptors (Lipinski definition) is 8. The highest BCUT2D eigenvalue weighted by Crippen LogP contribution is 2.41. The molecule has 0 aliphatic carbocycles. The Kier molecular flexibility index (Phi) is 5.60. The Morgan fingerprint density at radius 2 is 1.96 bits per heavy atom. The second-order valence-corrected chi connectivity index (χ2v) is 5.53. The predicted molar refractivity (Wildman–Crippen MR) is 96.8 cm³/mol. The number of nitrogens with one attached hydrogen (secondary N) is 1. The minimum absolute atomic E-state index is 0.138. The van der Waals surface area contributed by atoms with Gasteiger partial charge >= 0.3 is 0 Å². The summed E-state index contributed by atoms with van der Waals surface area (Å²) in [5, 5.41) is 22.6. The molecule has 2 heterocycles. The van der Waals surface area contributed by atoms with Crippen molar-refractivity contribution in [2.75, 3.05) is 39.0 Å². The SMILES string of the molecule is CCOc1nc(NCCOC)c(C#N)c(-c2ccc3c(c2)OCO3)c1C#N. The van der Waals surface area contributed by atoms with Gasteiger partial charge < -0.3 is 24.3 Å². The average molecular weight is 366 g/mol. The lowest BCUT2D eigenvalue weighted by molar-refractivity contribution is 0.174. The maximum atomic E-state index is 9.78. The summed E-state index contributed by atoms with van der Waals surface area (Å²) < 4.78 is 21.4. The predicted octanol–water partition coefficient (Wildman–Crippen LogP) is 2.68. The van der Waals surface area contributed by atoms with Crippen LogP contribution in [0.15, 0.2) is 18.2 Å². The van der Waals surface area contributed by atoms with Crippen molar-refractivity contribution in [2.24, 2.45) is 0 Å². The van der Waals surface area contributed by atoms with E-state index in [4.69, 9.17) is 18.9 Å². The number of fused-ring (bicyclic) bond motifs is 1. The van der Waals surface area contributed by atoms with Crippen LogP contribution in [0.2, 0.25) is 0 Å². The molecular formula is C19H18N4O4. The molecule has 0 unspecified atom stereocenters. The standard InChI is InChI=1S/C19H18N4O4/c1-3-25-19-14(10-21)17(12-4-5-15-16(8-12)27-11-26-15)13(9-20)18(23-19)22-6-7-24-2/h4-5,8H,3,6-7,11H2,1-2H3,(H,22,23). The van der Waals surface area contributed by atoms with E-state index < -0.39 is 0 Å². The molecule has 1 aliphatic heterocycles. The molecule has 0 radical (unpaired) electrons. The molecule has 1 aromatic heterocycles. The number of nitrogens with zero attached hydrogens (tertiary/aromatic N) is 3. The van der Waals surface area contributed by atoms with E-state index >= 15 is 0 Å². The first kappa shape index (κ1) is 18.3. The van der Waals surface area contributed by atoms with Gasteiger partial charge in [0.05, 0.1) is 13.2 Å². The zero-order chi connectivity index (χ0) is 19.2. The van der Waals surface area contributed by atoms with Gasteiger partial charge in [0.15, 0.2) is 11.5 Å². The van der Waals surface area contributed by atoms with Crippen molar-refractivity contribution < 1.29 is 18.9 Å². The van der Waals surface area contributed by atoms with Gasteiger partial charge in [-0.3, -0.25) is 0 Å². The van der Waals surface area contributed by atoms with E-state index in [1.807, 2.05) is 0 Å². The van der Waals surface area contributed by atoms with E-state index in [1.165, 1.54) is 0 Å². The minimum Gasteiger partial charge on any atom is -0.477 e. The Morgan fingerprint density at radius 1 is 1.19 bits per heavy atom. The van der Waals surface area contributed by atoms with Crippen molar-refractivity contribution in [3.8, 4) is 40.6 Å². The number of rotatable bonds is 7. The molecule has 1 N–H and O–H groups in total. The third-order valence-corrected chi connectivity index (χ3v) is 3.93. The number of pyridine rings is 1. The topological polar surface area (TPSA) is 109 Å². The maximum absolute atomic E-state index is 9.78. The number of ether oxygens (including phenoxy) is 4. The Morgan fingerprint density at radius 3 is 2.67 bits per heavy atom. The van der Waals surface area contributed by atoms with Crippen LogP contribution >= 0.6 is 0 Å². The van der Waals surface area contributed by atoms with Crippen LogP contribution in [0.3, 0.4) is 0 Å². The van der Waals surface area contributed by atoms with Crippen LogP contribution < -0.4 is 19.5 Å². The number of hydrogen-bond donors (Lipinski definition) is 1. The number of aromatic nitrogens is 1. The van der Waals surface area contributed by atoms with Gasteiger partial charge in [0, 0.05) is 19.2 Å². The second-order valence-electron chi connectivity index (χ2n) is 5.53. The lowest BCUT2D eigenvalue weighted by atomic mass is 9.96. The highest BCUT2D eigenvalue weighted by Gasteiger charge is 2.24. The lowest BCUT2D eigenvalue weighted by Gasteiger charge is -2.16. The quantitative estimate of drug-likeness (QED) is 0.745. The van der Waals surface area contributed by atoms with E-state index in [1.54, 1.807) is 32.2 Å². The fraction of sp³-hybridized carbons (Fsp3) is 0.316. The van der Waals surface area contributed by atoms with Gasteiger partial charge in [0.2, 0.25) is 12.7 Å². The first-order valence-corrected chi connectivity index (χ1v) is 8.37. The smallest absolute Gasteiger partial charge is 0.234 e. The molecule has 0 saturated heterocycles. The molecule has 3 rings (SSSR count). The van der Waals surface area contributed by atoms with Gasteiger partial charge in [-0.2, -0.15) is 15.5 Å². The summed E-state index contributed by atoms with van der Waals surface area (Å²) in [6.45, 7) is 3.18. The van der Waals surface area contributed by atoms with Crippen molar-refractivity contribution in [3.63, 3.8) is 0 Å². The van der Waals surface area contributed by atoms with Gasteiger partial charge in [0.1, 0.15) is 29.1 Å². The van der Waals surface area contributed by atoms with Crippen LogP contribution in [0.1, 0.15) is 18.1 Å². The Bertz CT molecular complexity index is 931. The van der Waals surface area contributed by atoms with Gasteiger partial charge in [-0.05, 0) is 24.6 Å². The molecule has 8 heteroatoms. The van der Waals surface area contributed by atoms with Crippen molar-refractivity contribution >= 4 is 5.82 Å². The fourth-order valence-corrected chi connectivity index (χ4v) is 2.76. The Hall–Kier alpha value is -3.49. The van der Waals surface area contributed by atoms with Gasteiger partial charge in [-0.15, -0.1) is 0 Å². The first-order chi connectivity index (χ1) is 13.2. The van der Waals surface area contributed by atoms with Gasteiger partial charge in [-0.25, -0.2) is 0 Å². The van der Waals surface area contributed by atoms with Crippen LogP contribution in [-0.4, -0.2) is 38.6 Å². The fourth-order valence-electron chi connectivity index (χ4n) is 2.76. The molecule has 2 aromatic rings. The number of anilines is 1. The summed E-state index contributed by atoms with van der Waals surface area (Å²) in [4.78, 5) is 4.34. The van der Waals surface area contributed by atoms with E-state index in [0.717, 1.165) is 0 Å². The van der Waals surface area contributed by atoms with E-state index in [-0.39, 0.29) is 23.8 Å². The lowest BCUT2D eigenvalue weighted by Crippen LogP contribution is -2.12. The molecule has 0 spiro atoms. The van der Waals surface area contributed by atoms with Crippen molar-refractivity contribution in [1.29, 1.82) is 10.5 Å². The summed E-state index contributed by atoms with van der Waals surface area (Å²) in [5.74, 6) is 1.69. The van der Waals surface area contributed by atoms with Crippen LogP contribution in [0.4, 0.5) is 5.82 Å². The third kappa shape index (κ3) is 3.57. The molecule has 1 aromatic carbocycles. The van der Waals surface area contributed by atoms with Gasteiger partial charge in [-0.1, -0.05) is 6.07 Å². The zero-order valence-electron chi connectivity index (χ0n) is 15.0. The molecule has 0 fully saturated rings. The number of methoxy groups -OCH3 is 1. The van der Waals surface area contributed by atoms with E-state index in [0.29, 0.717) is 48.2 Å². The maximum Gasteiger partial charge on any atom is 0.234 e. The van der Waals surface area contributed by atoms with Crippen molar-refractivity contribution in [2.45, 2.75) is 6.92 Å². The minimum atomic E-state index is 0.138. The Labute approximate surface area is 156 Å². The van der Waals surface area contributed by atoms with Crippen molar-refractivity contribution in [1.82, 2.24) is 4.98 Å². The first-order valence-electron chi connectivity index (χ1n) is 8.37. The van der Waals surface area contributed by atoms with E-state index in [2.05, 4.69) is 22.4 Å².